The van der Waals surface area contributed by atoms with Gasteiger partial charge in [-0.05, 0) is 51.6 Å². The van der Waals surface area contributed by atoms with Gasteiger partial charge in [-0.3, -0.25) is 4.79 Å². The van der Waals surface area contributed by atoms with Gasteiger partial charge in [0.25, 0.3) is 0 Å². The Balaban J connectivity index is 2.24. The van der Waals surface area contributed by atoms with E-state index in [2.05, 4.69) is 19.2 Å². The number of likely N-dealkylation sites (N-methyl/N-ethyl adjacent to an activating group) is 1. The lowest BCUT2D eigenvalue weighted by atomic mass is 9.80. The first-order chi connectivity index (χ1) is 8.49. The minimum atomic E-state index is 0.0600. The average Bonchev–Trinajstić information content (AvgIpc) is 2.29. The van der Waals surface area contributed by atoms with Crippen molar-refractivity contribution in [3.8, 4) is 0 Å². The molecule has 1 amide bonds. The van der Waals surface area contributed by atoms with E-state index in [0.717, 1.165) is 31.2 Å². The summed E-state index contributed by atoms with van der Waals surface area (Å²) in [7, 11) is 3.99. The Morgan fingerprint density at radius 3 is 2.39 bits per heavy atom. The number of hydrogen-bond donors (Lipinski definition) is 1. The van der Waals surface area contributed by atoms with Gasteiger partial charge < -0.3 is 10.2 Å². The highest BCUT2D eigenvalue weighted by molar-refractivity contribution is 5.87. The van der Waals surface area contributed by atoms with Gasteiger partial charge in [-0.25, -0.2) is 0 Å². The molecule has 104 valence electrons. The van der Waals surface area contributed by atoms with Crippen LogP contribution in [0.15, 0.2) is 12.2 Å². The predicted molar refractivity (Wildman–Crippen MR) is 76.4 cm³/mol. The fourth-order valence-electron chi connectivity index (χ4n) is 2.55. The number of carbonyl (C=O) groups excluding carboxylic acids is 1. The normalized spacial score (nSPS) is 25.0. The molecule has 0 spiro atoms. The first-order valence-electron chi connectivity index (χ1n) is 7.10. The molecule has 1 aliphatic rings. The summed E-state index contributed by atoms with van der Waals surface area (Å²) in [6.45, 7) is 5.41. The van der Waals surface area contributed by atoms with Crippen LogP contribution in [0.2, 0.25) is 0 Å². The van der Waals surface area contributed by atoms with E-state index < -0.39 is 0 Å². The second kappa shape index (κ2) is 7.57. The third-order valence-electron chi connectivity index (χ3n) is 3.80. The molecule has 0 aromatic rings. The number of carbonyl (C=O) groups is 1. The molecule has 18 heavy (non-hydrogen) atoms. The van der Waals surface area contributed by atoms with Crippen molar-refractivity contribution in [2.45, 2.75) is 45.6 Å². The van der Waals surface area contributed by atoms with Gasteiger partial charge in [-0.1, -0.05) is 19.9 Å². The van der Waals surface area contributed by atoms with E-state index in [-0.39, 0.29) is 5.91 Å². The van der Waals surface area contributed by atoms with E-state index in [4.69, 9.17) is 0 Å². The molecule has 1 saturated carbocycles. The largest absolute Gasteiger partial charge is 0.350 e. The third-order valence-corrected chi connectivity index (χ3v) is 3.80. The molecule has 1 fully saturated rings. The summed E-state index contributed by atoms with van der Waals surface area (Å²) in [6.07, 6.45) is 8.35. The van der Waals surface area contributed by atoms with E-state index in [1.165, 1.54) is 12.8 Å². The van der Waals surface area contributed by atoms with Crippen molar-refractivity contribution < 1.29 is 4.79 Å². The van der Waals surface area contributed by atoms with E-state index >= 15 is 0 Å². The van der Waals surface area contributed by atoms with Crippen molar-refractivity contribution in [3.63, 3.8) is 0 Å². The average molecular weight is 252 g/mol. The molecule has 1 aliphatic carbocycles. The Bertz CT molecular complexity index is 276. The van der Waals surface area contributed by atoms with Crippen LogP contribution in [0.1, 0.15) is 39.5 Å². The molecule has 0 heterocycles. The van der Waals surface area contributed by atoms with E-state index in [0.29, 0.717) is 6.04 Å². The highest BCUT2D eigenvalue weighted by atomic mass is 16.1. The van der Waals surface area contributed by atoms with Gasteiger partial charge in [0.05, 0.1) is 0 Å². The van der Waals surface area contributed by atoms with Crippen LogP contribution in [0.4, 0.5) is 0 Å². The van der Waals surface area contributed by atoms with E-state index in [1.54, 1.807) is 6.08 Å². The number of rotatable bonds is 5. The van der Waals surface area contributed by atoms with Crippen LogP contribution < -0.4 is 5.32 Å². The molecule has 0 saturated heterocycles. The smallest absolute Gasteiger partial charge is 0.243 e. The van der Waals surface area contributed by atoms with E-state index in [9.17, 15) is 4.79 Å². The zero-order chi connectivity index (χ0) is 13.5. The molecule has 0 radical (unpaired) electrons. The van der Waals surface area contributed by atoms with Crippen molar-refractivity contribution in [2.75, 3.05) is 20.6 Å². The Morgan fingerprint density at radius 2 is 1.89 bits per heavy atom. The van der Waals surface area contributed by atoms with Crippen LogP contribution in [0.3, 0.4) is 0 Å². The van der Waals surface area contributed by atoms with Gasteiger partial charge in [-0.15, -0.1) is 0 Å². The Hall–Kier alpha value is -0.830. The fourth-order valence-corrected chi connectivity index (χ4v) is 2.55. The SMILES string of the molecule is CC(C)[C@H]1CC[C@H](NC(=O)/C=C/CN(C)C)CC1. The standard InChI is InChI=1S/C15H28N2O/c1-12(2)13-7-9-14(10-8-13)16-15(18)6-5-11-17(3)4/h5-6,12-14H,7-11H2,1-4H3,(H,16,18)/b6-5+/t13-,14-. The second-order valence-electron chi connectivity index (χ2n) is 6.03. The molecule has 1 N–H and O–H groups in total. The number of amides is 1. The maximum Gasteiger partial charge on any atom is 0.243 e. The first-order valence-corrected chi connectivity index (χ1v) is 7.10. The van der Waals surface area contributed by atoms with Gasteiger partial charge >= 0.3 is 0 Å². The van der Waals surface area contributed by atoms with Gasteiger partial charge in [0, 0.05) is 18.7 Å². The zero-order valence-corrected chi connectivity index (χ0v) is 12.3. The van der Waals surface area contributed by atoms with Crippen LogP contribution in [0, 0.1) is 11.8 Å². The third kappa shape index (κ3) is 5.67. The van der Waals surface area contributed by atoms with Gasteiger partial charge in [0.2, 0.25) is 5.91 Å². The molecule has 0 bridgehead atoms. The topological polar surface area (TPSA) is 32.3 Å². The van der Waals surface area contributed by atoms with E-state index in [1.807, 2.05) is 25.1 Å². The Morgan fingerprint density at radius 1 is 1.28 bits per heavy atom. The quantitative estimate of drug-likeness (QED) is 0.762. The predicted octanol–water partition coefficient (Wildman–Crippen LogP) is 2.44. The lowest BCUT2D eigenvalue weighted by Gasteiger charge is -2.31. The lowest BCUT2D eigenvalue weighted by molar-refractivity contribution is -0.117. The summed E-state index contributed by atoms with van der Waals surface area (Å²) in [5.41, 5.74) is 0. The van der Waals surface area contributed by atoms with Crippen LogP contribution in [0.25, 0.3) is 0 Å². The first kappa shape index (κ1) is 15.2. The molecule has 0 aliphatic heterocycles. The Kier molecular flexibility index (Phi) is 6.41. The molecule has 1 rings (SSSR count). The molecule has 0 aromatic carbocycles. The Labute approximate surface area is 112 Å². The van der Waals surface area contributed by atoms with Crippen LogP contribution in [-0.2, 0) is 4.79 Å². The lowest BCUT2D eigenvalue weighted by Crippen LogP contribution is -2.37. The number of nitrogens with one attached hydrogen (secondary N) is 1. The summed E-state index contributed by atoms with van der Waals surface area (Å²) in [5.74, 6) is 1.69. The highest BCUT2D eigenvalue weighted by Gasteiger charge is 2.23. The van der Waals surface area contributed by atoms with Gasteiger partial charge in [0.1, 0.15) is 0 Å². The monoisotopic (exact) mass is 252 g/mol. The second-order valence-corrected chi connectivity index (χ2v) is 6.03. The van der Waals surface area contributed by atoms with Crippen LogP contribution in [-0.4, -0.2) is 37.5 Å². The van der Waals surface area contributed by atoms with Crippen molar-refractivity contribution >= 4 is 5.91 Å². The van der Waals surface area contributed by atoms with Gasteiger partial charge in [0.15, 0.2) is 0 Å². The molecule has 0 unspecified atom stereocenters. The number of nitrogens with zero attached hydrogens (tertiary/aromatic N) is 1. The fraction of sp³-hybridized carbons (Fsp3) is 0.800. The molecule has 3 nitrogen and oxygen atoms in total. The summed E-state index contributed by atoms with van der Waals surface area (Å²) in [5, 5.41) is 3.11. The van der Waals surface area contributed by atoms with Crippen molar-refractivity contribution in [1.82, 2.24) is 10.2 Å². The van der Waals surface area contributed by atoms with Crippen LogP contribution >= 0.6 is 0 Å². The molecule has 0 atom stereocenters. The number of hydrogen-bond acceptors (Lipinski definition) is 2. The summed E-state index contributed by atoms with van der Waals surface area (Å²) in [6, 6.07) is 0.386. The zero-order valence-electron chi connectivity index (χ0n) is 12.3. The summed E-state index contributed by atoms with van der Waals surface area (Å²) < 4.78 is 0. The van der Waals surface area contributed by atoms with Crippen molar-refractivity contribution in [1.29, 1.82) is 0 Å². The van der Waals surface area contributed by atoms with Crippen molar-refractivity contribution in [2.24, 2.45) is 11.8 Å². The summed E-state index contributed by atoms with van der Waals surface area (Å²) >= 11 is 0. The minimum absolute atomic E-state index is 0.0600. The van der Waals surface area contributed by atoms with Gasteiger partial charge in [-0.2, -0.15) is 0 Å². The molecular formula is C15H28N2O. The molecule has 0 aromatic heterocycles. The van der Waals surface area contributed by atoms with Crippen LogP contribution in [0.5, 0.6) is 0 Å². The maximum absolute atomic E-state index is 11.7. The summed E-state index contributed by atoms with van der Waals surface area (Å²) in [4.78, 5) is 13.7. The molecule has 3 heteroatoms. The molecular weight excluding hydrogens is 224 g/mol. The highest BCUT2D eigenvalue weighted by Crippen LogP contribution is 2.29. The maximum atomic E-state index is 11.7. The van der Waals surface area contributed by atoms with Crippen molar-refractivity contribution in [3.05, 3.63) is 12.2 Å². The minimum Gasteiger partial charge on any atom is -0.350 e.